The summed E-state index contributed by atoms with van der Waals surface area (Å²) >= 11 is 0. The third-order valence-electron chi connectivity index (χ3n) is 10.3. The second kappa shape index (κ2) is 10.4. The Balaban J connectivity index is 1.16. The van der Waals surface area contributed by atoms with Crippen molar-refractivity contribution in [1.82, 2.24) is 9.55 Å². The molecule has 10 aromatic rings. The van der Waals surface area contributed by atoms with Crippen LogP contribution in [0.3, 0.4) is 0 Å². The normalized spacial score (nSPS) is 12.2. The number of imidazole rings is 1. The third-order valence-corrected chi connectivity index (χ3v) is 10.3. The molecule has 9 aromatic carbocycles. The van der Waals surface area contributed by atoms with Gasteiger partial charge in [-0.1, -0.05) is 140 Å². The van der Waals surface area contributed by atoms with Crippen LogP contribution >= 0.6 is 0 Å². The van der Waals surface area contributed by atoms with Crippen molar-refractivity contribution in [2.24, 2.45) is 0 Å². The fourth-order valence-corrected chi connectivity index (χ4v) is 8.16. The molecule has 3 nitrogen and oxygen atoms in total. The van der Waals surface area contributed by atoms with Gasteiger partial charge in [-0.2, -0.15) is 0 Å². The van der Waals surface area contributed by atoms with E-state index in [1.54, 1.807) is 0 Å². The van der Waals surface area contributed by atoms with Gasteiger partial charge >= 0.3 is 0 Å². The van der Waals surface area contributed by atoms with Gasteiger partial charge in [0.15, 0.2) is 11.5 Å². The van der Waals surface area contributed by atoms with E-state index in [0.717, 1.165) is 45.2 Å². The second-order valence-electron chi connectivity index (χ2n) is 13.1. The molecule has 0 atom stereocenters. The Morgan fingerprint density at radius 3 is 1.70 bits per heavy atom. The molecular weight excluding hydrogens is 609 g/mol. The van der Waals surface area contributed by atoms with E-state index in [0.29, 0.717) is 0 Å². The molecule has 0 radical (unpaired) electrons. The number of nitrogens with zero attached hydrogens (tertiary/aromatic N) is 2. The van der Waals surface area contributed by atoms with Crippen LogP contribution in [0.4, 0.5) is 0 Å². The van der Waals surface area contributed by atoms with Crippen LogP contribution in [0.25, 0.3) is 93.5 Å². The third kappa shape index (κ3) is 3.89. The number of rotatable bonds is 3. The van der Waals surface area contributed by atoms with E-state index >= 15 is 0 Å². The van der Waals surface area contributed by atoms with Crippen LogP contribution < -0.4 is 4.74 Å². The Bertz CT molecular complexity index is 2950. The van der Waals surface area contributed by atoms with Crippen LogP contribution in [0.2, 0.25) is 0 Å². The summed E-state index contributed by atoms with van der Waals surface area (Å²) in [6.07, 6.45) is 0. The smallest absolute Gasteiger partial charge is 0.153 e. The molecule has 1 aromatic heterocycles. The summed E-state index contributed by atoms with van der Waals surface area (Å²) < 4.78 is 8.95. The van der Waals surface area contributed by atoms with Crippen LogP contribution in [-0.4, -0.2) is 9.55 Å². The van der Waals surface area contributed by atoms with E-state index in [9.17, 15) is 0 Å². The van der Waals surface area contributed by atoms with Gasteiger partial charge in [-0.15, -0.1) is 0 Å². The van der Waals surface area contributed by atoms with Crippen molar-refractivity contribution in [2.75, 3.05) is 0 Å². The fourth-order valence-electron chi connectivity index (χ4n) is 8.16. The lowest BCUT2D eigenvalue weighted by Gasteiger charge is -2.23. The molecule has 3 heteroatoms. The number of aromatic nitrogens is 2. The Labute approximate surface area is 288 Å². The minimum absolute atomic E-state index is 0.815. The van der Waals surface area contributed by atoms with Gasteiger partial charge in [-0.25, -0.2) is 4.98 Å². The van der Waals surface area contributed by atoms with E-state index in [1.807, 2.05) is 18.2 Å². The van der Waals surface area contributed by atoms with Crippen molar-refractivity contribution in [3.8, 4) is 50.8 Å². The SMILES string of the molecule is c1ccc(-c2nc3cccc4c3n2-c2ccc(-c3c5ccccc5c(-c5ccc6ccc7ccccc7c6c5)c5ccccc35)cc2O4)cc1. The number of benzene rings is 9. The zero-order chi connectivity index (χ0) is 32.8. The van der Waals surface area contributed by atoms with E-state index in [4.69, 9.17) is 9.72 Å². The summed E-state index contributed by atoms with van der Waals surface area (Å²) in [5.74, 6) is 2.54. The van der Waals surface area contributed by atoms with Crippen LogP contribution in [0.1, 0.15) is 0 Å². The molecule has 0 spiro atoms. The molecule has 0 saturated heterocycles. The predicted molar refractivity (Wildman–Crippen MR) is 207 cm³/mol. The highest BCUT2D eigenvalue weighted by molar-refractivity contribution is 6.22. The zero-order valence-electron chi connectivity index (χ0n) is 27.0. The first kappa shape index (κ1) is 27.3. The van der Waals surface area contributed by atoms with Crippen molar-refractivity contribution >= 4 is 54.1 Å². The molecule has 0 N–H and O–H groups in total. The lowest BCUT2D eigenvalue weighted by Crippen LogP contribution is -2.06. The Hall–Kier alpha value is -6.71. The molecule has 1 aliphatic rings. The highest BCUT2D eigenvalue weighted by atomic mass is 16.5. The van der Waals surface area contributed by atoms with Crippen molar-refractivity contribution in [3.05, 3.63) is 170 Å². The van der Waals surface area contributed by atoms with Gasteiger partial charge in [0, 0.05) is 5.56 Å². The maximum absolute atomic E-state index is 6.69. The summed E-state index contributed by atoms with van der Waals surface area (Å²) in [6.45, 7) is 0. The van der Waals surface area contributed by atoms with Gasteiger partial charge in [0.25, 0.3) is 0 Å². The van der Waals surface area contributed by atoms with Crippen molar-refractivity contribution in [2.45, 2.75) is 0 Å². The lowest BCUT2D eigenvalue weighted by atomic mass is 9.85. The van der Waals surface area contributed by atoms with E-state index < -0.39 is 0 Å². The maximum atomic E-state index is 6.69. The van der Waals surface area contributed by atoms with Crippen LogP contribution in [-0.2, 0) is 0 Å². The first-order chi connectivity index (χ1) is 24.8. The molecule has 0 unspecified atom stereocenters. The second-order valence-corrected chi connectivity index (χ2v) is 13.1. The minimum atomic E-state index is 0.815. The van der Waals surface area contributed by atoms with Gasteiger partial charge < -0.3 is 4.74 Å². The van der Waals surface area contributed by atoms with E-state index in [2.05, 4.69) is 156 Å². The van der Waals surface area contributed by atoms with Crippen LogP contribution in [0.5, 0.6) is 11.5 Å². The molecule has 1 aliphatic heterocycles. The number of hydrogen-bond acceptors (Lipinski definition) is 2. The van der Waals surface area contributed by atoms with Gasteiger partial charge in [0.2, 0.25) is 0 Å². The first-order valence-corrected chi connectivity index (χ1v) is 17.0. The average Bonchev–Trinajstić information content (AvgIpc) is 3.58. The van der Waals surface area contributed by atoms with Crippen LogP contribution in [0.15, 0.2) is 170 Å². The van der Waals surface area contributed by atoms with E-state index in [1.165, 1.54) is 59.8 Å². The molecule has 50 heavy (non-hydrogen) atoms. The van der Waals surface area contributed by atoms with Gasteiger partial charge in [0.05, 0.1) is 11.2 Å². The highest BCUT2D eigenvalue weighted by Crippen LogP contribution is 2.48. The quantitative estimate of drug-likeness (QED) is 0.143. The highest BCUT2D eigenvalue weighted by Gasteiger charge is 2.26. The minimum Gasteiger partial charge on any atom is -0.453 e. The van der Waals surface area contributed by atoms with Crippen molar-refractivity contribution in [1.29, 1.82) is 0 Å². The molecule has 2 heterocycles. The fraction of sp³-hybridized carbons (Fsp3) is 0. The molecule has 0 amide bonds. The topological polar surface area (TPSA) is 27.1 Å². The number of ether oxygens (including phenoxy) is 1. The average molecular weight is 637 g/mol. The Morgan fingerprint density at radius 2 is 0.980 bits per heavy atom. The van der Waals surface area contributed by atoms with Crippen molar-refractivity contribution in [3.63, 3.8) is 0 Å². The van der Waals surface area contributed by atoms with Gasteiger partial charge in [-0.05, 0) is 95.7 Å². The molecule has 232 valence electrons. The molecule has 0 bridgehead atoms. The lowest BCUT2D eigenvalue weighted by molar-refractivity contribution is 0.476. The summed E-state index contributed by atoms with van der Waals surface area (Å²) in [5, 5.41) is 9.94. The van der Waals surface area contributed by atoms with Gasteiger partial charge in [0.1, 0.15) is 11.3 Å². The number of fused-ring (bicyclic) bond motifs is 7. The van der Waals surface area contributed by atoms with Crippen molar-refractivity contribution < 1.29 is 4.74 Å². The Morgan fingerprint density at radius 1 is 0.400 bits per heavy atom. The molecule has 0 aliphatic carbocycles. The first-order valence-electron chi connectivity index (χ1n) is 17.0. The summed E-state index contributed by atoms with van der Waals surface area (Å²) in [4.78, 5) is 5.07. The largest absolute Gasteiger partial charge is 0.453 e. The number of para-hydroxylation sites is 1. The summed E-state index contributed by atoms with van der Waals surface area (Å²) in [5.41, 5.74) is 8.77. The number of hydrogen-bond donors (Lipinski definition) is 0. The maximum Gasteiger partial charge on any atom is 0.153 e. The Kier molecular flexibility index (Phi) is 5.67. The monoisotopic (exact) mass is 636 g/mol. The standard InChI is InChI=1S/C47H28N2O/c1-2-12-31(13-3-1)47-48-40-19-10-20-42-46(40)49(47)41-26-25-33(28-43(41)50-42)45-37-17-8-6-15-35(37)44(36-16-7-9-18-38(36)45)32-24-23-30-22-21-29-11-4-5-14-34(29)39(30)27-32/h1-28H. The summed E-state index contributed by atoms with van der Waals surface area (Å²) in [6, 6.07) is 60.9. The van der Waals surface area contributed by atoms with Crippen LogP contribution in [0, 0.1) is 0 Å². The van der Waals surface area contributed by atoms with Gasteiger partial charge in [-0.3, -0.25) is 4.57 Å². The molecular formula is C47H28N2O. The summed E-state index contributed by atoms with van der Waals surface area (Å²) in [7, 11) is 0. The molecule has 0 fully saturated rings. The molecule has 0 saturated carbocycles. The van der Waals surface area contributed by atoms with E-state index in [-0.39, 0.29) is 0 Å². The predicted octanol–water partition coefficient (Wildman–Crippen LogP) is 12.7. The molecule has 11 rings (SSSR count). The zero-order valence-corrected chi connectivity index (χ0v) is 27.0.